The lowest BCUT2D eigenvalue weighted by molar-refractivity contribution is -0.000965. The maximum atomic E-state index is 13.4. The number of hydrogen-bond acceptors (Lipinski definition) is 6. The molecule has 0 aromatic carbocycles. The highest BCUT2D eigenvalue weighted by Gasteiger charge is 2.43. The van der Waals surface area contributed by atoms with E-state index in [1.807, 2.05) is 0 Å². The Morgan fingerprint density at radius 1 is 1.28 bits per heavy atom. The summed E-state index contributed by atoms with van der Waals surface area (Å²) in [7, 11) is 0. The minimum Gasteiger partial charge on any atom is -0.388 e. The van der Waals surface area contributed by atoms with Crippen molar-refractivity contribution in [1.82, 2.24) is 19.5 Å². The number of aromatic nitrogens is 4. The molecule has 0 saturated heterocycles. The number of halogens is 1. The predicted octanol–water partition coefficient (Wildman–Crippen LogP) is -0.587. The van der Waals surface area contributed by atoms with Crippen LogP contribution in [0.25, 0.3) is 11.2 Å². The third kappa shape index (κ3) is 1.46. The molecule has 2 heterocycles. The topological polar surface area (TPSA) is 110 Å². The molecule has 0 amide bonds. The molecule has 8 heteroatoms. The predicted molar refractivity (Wildman–Crippen MR) is 60.3 cm³/mol. The van der Waals surface area contributed by atoms with E-state index in [1.54, 1.807) is 0 Å². The van der Waals surface area contributed by atoms with E-state index in [1.165, 1.54) is 17.2 Å². The van der Waals surface area contributed by atoms with Gasteiger partial charge in [0, 0.05) is 6.42 Å². The average molecular weight is 253 g/mol. The molecule has 96 valence electrons. The summed E-state index contributed by atoms with van der Waals surface area (Å²) >= 11 is 0. The lowest BCUT2D eigenvalue weighted by atomic mass is 10.2. The summed E-state index contributed by atoms with van der Waals surface area (Å²) in [5.41, 5.74) is 6.47. The fourth-order valence-corrected chi connectivity index (χ4v) is 2.34. The molecule has 7 nitrogen and oxygen atoms in total. The maximum Gasteiger partial charge on any atom is 0.165 e. The first-order valence-corrected chi connectivity index (χ1v) is 5.53. The summed E-state index contributed by atoms with van der Waals surface area (Å²) < 4.78 is 14.9. The highest BCUT2D eigenvalue weighted by Crippen LogP contribution is 2.34. The number of imidazole rings is 1. The molecule has 0 unspecified atom stereocenters. The van der Waals surface area contributed by atoms with Crippen LogP contribution in [0, 0.1) is 0 Å². The number of rotatable bonds is 1. The molecule has 4 atom stereocenters. The maximum absolute atomic E-state index is 13.4. The van der Waals surface area contributed by atoms with E-state index in [0.29, 0.717) is 11.2 Å². The molecule has 18 heavy (non-hydrogen) atoms. The third-order valence-electron chi connectivity index (χ3n) is 3.33. The van der Waals surface area contributed by atoms with Crippen LogP contribution in [0.5, 0.6) is 0 Å². The Bertz CT molecular complexity index is 589. The van der Waals surface area contributed by atoms with Crippen molar-refractivity contribution in [1.29, 1.82) is 0 Å². The van der Waals surface area contributed by atoms with Crippen molar-refractivity contribution in [3.05, 3.63) is 12.7 Å². The van der Waals surface area contributed by atoms with Gasteiger partial charge >= 0.3 is 0 Å². The third-order valence-corrected chi connectivity index (χ3v) is 3.33. The van der Waals surface area contributed by atoms with E-state index in [4.69, 9.17) is 5.73 Å². The van der Waals surface area contributed by atoms with Crippen LogP contribution in [0.4, 0.5) is 10.2 Å². The molecule has 4 N–H and O–H groups in total. The first kappa shape index (κ1) is 11.3. The van der Waals surface area contributed by atoms with Gasteiger partial charge in [0.2, 0.25) is 0 Å². The Morgan fingerprint density at radius 2 is 2.06 bits per heavy atom. The van der Waals surface area contributed by atoms with Crippen LogP contribution in [0.3, 0.4) is 0 Å². The number of nitrogens with zero attached hydrogens (tertiary/aromatic N) is 4. The summed E-state index contributed by atoms with van der Waals surface area (Å²) in [6.07, 6.45) is -1.31. The van der Waals surface area contributed by atoms with Gasteiger partial charge < -0.3 is 20.5 Å². The zero-order valence-corrected chi connectivity index (χ0v) is 9.31. The fourth-order valence-electron chi connectivity index (χ4n) is 2.34. The van der Waals surface area contributed by atoms with Crippen LogP contribution < -0.4 is 5.73 Å². The fraction of sp³-hybridized carbons (Fsp3) is 0.500. The van der Waals surface area contributed by atoms with Crippen LogP contribution in [-0.2, 0) is 0 Å². The Balaban J connectivity index is 2.08. The standard InChI is InChI=1S/C10H12FN5O2/c11-4-1-5(8(18)7(4)17)16-3-15-6-9(12)13-2-14-10(6)16/h2-5,7-8,17-18H,1H2,(H2,12,13,14)/t4-,5-,7-,8+/m1/s1. The Hall–Kier alpha value is -1.80. The first-order chi connectivity index (χ1) is 8.59. The van der Waals surface area contributed by atoms with E-state index in [2.05, 4.69) is 15.0 Å². The van der Waals surface area contributed by atoms with Gasteiger partial charge in [-0.25, -0.2) is 19.3 Å². The lowest BCUT2D eigenvalue weighted by Gasteiger charge is -2.17. The Kier molecular flexibility index (Phi) is 2.42. The van der Waals surface area contributed by atoms with Crippen molar-refractivity contribution in [2.75, 3.05) is 5.73 Å². The zero-order valence-electron chi connectivity index (χ0n) is 9.31. The largest absolute Gasteiger partial charge is 0.388 e. The summed E-state index contributed by atoms with van der Waals surface area (Å²) in [4.78, 5) is 11.9. The Morgan fingerprint density at radius 3 is 2.72 bits per heavy atom. The molecular weight excluding hydrogens is 241 g/mol. The second-order valence-electron chi connectivity index (χ2n) is 4.38. The van der Waals surface area contributed by atoms with Gasteiger partial charge in [-0.05, 0) is 0 Å². The molecular formula is C10H12FN5O2. The van der Waals surface area contributed by atoms with E-state index >= 15 is 0 Å². The number of nitrogens with two attached hydrogens (primary N) is 1. The van der Waals surface area contributed by atoms with Crippen LogP contribution in [-0.4, -0.2) is 48.1 Å². The molecule has 2 aromatic heterocycles. The molecule has 0 aliphatic heterocycles. The normalized spacial score (nSPS) is 32.2. The second-order valence-corrected chi connectivity index (χ2v) is 4.38. The van der Waals surface area contributed by atoms with Gasteiger partial charge in [0.1, 0.15) is 30.2 Å². The summed E-state index contributed by atoms with van der Waals surface area (Å²) in [5, 5.41) is 19.3. The molecule has 3 rings (SSSR count). The van der Waals surface area contributed by atoms with Gasteiger partial charge in [0.05, 0.1) is 12.4 Å². The molecule has 0 radical (unpaired) electrons. The minimum absolute atomic E-state index is 0.0116. The van der Waals surface area contributed by atoms with Gasteiger partial charge in [-0.1, -0.05) is 0 Å². The van der Waals surface area contributed by atoms with Gasteiger partial charge in [-0.3, -0.25) is 0 Å². The molecule has 0 spiro atoms. The second kappa shape index (κ2) is 3.85. The number of aliphatic hydroxyl groups is 2. The zero-order chi connectivity index (χ0) is 12.9. The van der Waals surface area contributed by atoms with E-state index in [0.717, 1.165) is 0 Å². The SMILES string of the molecule is Nc1ncnc2c1ncn2[C@@H]1C[C@@H](F)[C@@H](O)[C@H]1O. The van der Waals surface area contributed by atoms with Gasteiger partial charge in [-0.15, -0.1) is 0 Å². The summed E-state index contributed by atoms with van der Waals surface area (Å²) in [6, 6.07) is -0.603. The monoisotopic (exact) mass is 253 g/mol. The van der Waals surface area contributed by atoms with Crippen molar-refractivity contribution >= 4 is 17.0 Å². The van der Waals surface area contributed by atoms with E-state index in [-0.39, 0.29) is 12.2 Å². The van der Waals surface area contributed by atoms with Crippen LogP contribution in [0.15, 0.2) is 12.7 Å². The molecule has 1 saturated carbocycles. The van der Waals surface area contributed by atoms with E-state index < -0.39 is 24.4 Å². The van der Waals surface area contributed by atoms with Gasteiger partial charge in [0.15, 0.2) is 11.5 Å². The molecule has 1 aliphatic rings. The number of anilines is 1. The van der Waals surface area contributed by atoms with Crippen molar-refractivity contribution in [3.8, 4) is 0 Å². The van der Waals surface area contributed by atoms with Gasteiger partial charge in [-0.2, -0.15) is 0 Å². The smallest absolute Gasteiger partial charge is 0.165 e. The van der Waals surface area contributed by atoms with Crippen molar-refractivity contribution in [2.45, 2.75) is 30.8 Å². The molecule has 2 aromatic rings. The highest BCUT2D eigenvalue weighted by molar-refractivity contribution is 5.81. The van der Waals surface area contributed by atoms with Crippen LogP contribution >= 0.6 is 0 Å². The number of alkyl halides is 1. The highest BCUT2D eigenvalue weighted by atomic mass is 19.1. The van der Waals surface area contributed by atoms with Crippen LogP contribution in [0.2, 0.25) is 0 Å². The van der Waals surface area contributed by atoms with Crippen LogP contribution in [0.1, 0.15) is 12.5 Å². The summed E-state index contributed by atoms with van der Waals surface area (Å²) in [6.45, 7) is 0. The Labute approximate surface area is 101 Å². The number of nitrogen functional groups attached to an aromatic ring is 1. The molecule has 1 aliphatic carbocycles. The number of aliphatic hydroxyl groups excluding tert-OH is 2. The van der Waals surface area contributed by atoms with Crippen molar-refractivity contribution < 1.29 is 14.6 Å². The quantitative estimate of drug-likeness (QED) is 0.626. The average Bonchev–Trinajstić information content (AvgIpc) is 2.88. The molecule has 1 fully saturated rings. The lowest BCUT2D eigenvalue weighted by Crippen LogP contribution is -2.29. The number of hydrogen-bond donors (Lipinski definition) is 3. The van der Waals surface area contributed by atoms with Crippen molar-refractivity contribution in [2.24, 2.45) is 0 Å². The van der Waals surface area contributed by atoms with E-state index in [9.17, 15) is 14.6 Å². The summed E-state index contributed by atoms with van der Waals surface area (Å²) in [5.74, 6) is 0.226. The minimum atomic E-state index is -1.46. The van der Waals surface area contributed by atoms with Gasteiger partial charge in [0.25, 0.3) is 0 Å². The molecule has 0 bridgehead atoms. The number of fused-ring (bicyclic) bond motifs is 1. The first-order valence-electron chi connectivity index (χ1n) is 5.53. The van der Waals surface area contributed by atoms with Crippen molar-refractivity contribution in [3.63, 3.8) is 0 Å².